The summed E-state index contributed by atoms with van der Waals surface area (Å²) in [7, 11) is 3.73. The number of hydrogen-bond acceptors (Lipinski definition) is 7. The van der Waals surface area contributed by atoms with Crippen molar-refractivity contribution in [2.45, 2.75) is 60.0 Å². The highest BCUT2D eigenvalue weighted by Crippen LogP contribution is 2.38. The Balaban J connectivity index is 0.000000249. The van der Waals surface area contributed by atoms with Crippen LogP contribution in [0.5, 0.6) is 11.5 Å². The highest BCUT2D eigenvalue weighted by atomic mass is 35.5. The summed E-state index contributed by atoms with van der Waals surface area (Å²) in [5, 5.41) is 15.6. The standard InChI is InChI=1S/C21H23N3O4.C13H13NO.C8H10.C2H6.CH3Cl/c1-21(2,8-9-27-3)28-18-6-4-14(5-7-18)20(26)24-16-10-15-11-17(13-25)23-19(15)22-12-16;1-14-7-6-10-9-4-2-3-5-11(9)13(15)8-12(10)14;1-7-5-3-4-6-8(7)2;2*1-2/h4-7,10-13H,8-9H2,1-3H3,(H,22,23)(H,24,26);2-5,8,15H,6-7H2,1H3;3-6H,1-2H3;1-2H3;1H3. The molecule has 6 aromatic rings. The number of pyridine rings is 1. The van der Waals surface area contributed by atoms with E-state index in [0.29, 0.717) is 40.7 Å². The Kier molecular flexibility index (Phi) is 17.2. The number of benzene rings is 4. The third kappa shape index (κ3) is 12.3. The van der Waals surface area contributed by atoms with E-state index in [4.69, 9.17) is 9.47 Å². The van der Waals surface area contributed by atoms with Crippen molar-refractivity contribution in [2.75, 3.05) is 43.9 Å². The smallest absolute Gasteiger partial charge is 0.255 e. The van der Waals surface area contributed by atoms with E-state index >= 15 is 0 Å². The summed E-state index contributed by atoms with van der Waals surface area (Å²) < 4.78 is 11.1. The van der Waals surface area contributed by atoms with Crippen LogP contribution in [0.2, 0.25) is 0 Å². The molecule has 0 saturated heterocycles. The molecule has 2 aromatic heterocycles. The highest BCUT2D eigenvalue weighted by Gasteiger charge is 2.21. The number of amides is 1. The fourth-order valence-electron chi connectivity index (χ4n) is 5.83. The summed E-state index contributed by atoms with van der Waals surface area (Å²) in [6.07, 6.45) is 5.57. The fourth-order valence-corrected chi connectivity index (χ4v) is 5.83. The van der Waals surface area contributed by atoms with E-state index in [0.717, 1.165) is 36.4 Å². The summed E-state index contributed by atoms with van der Waals surface area (Å²) in [5.41, 5.74) is 7.00. The first-order chi connectivity index (χ1) is 26.5. The second kappa shape index (κ2) is 21.5. The molecule has 0 saturated carbocycles. The Morgan fingerprint density at radius 1 is 0.964 bits per heavy atom. The molecule has 1 aliphatic heterocycles. The van der Waals surface area contributed by atoms with Gasteiger partial charge in [-0.25, -0.2) is 4.98 Å². The van der Waals surface area contributed by atoms with Crippen LogP contribution in [-0.4, -0.2) is 66.6 Å². The predicted octanol–water partition coefficient (Wildman–Crippen LogP) is 10.5. The van der Waals surface area contributed by atoms with Crippen molar-refractivity contribution in [3.63, 3.8) is 0 Å². The first-order valence-corrected chi connectivity index (χ1v) is 19.1. The number of phenolic OH excluding ortho intramolecular Hbond substituents is 1. The van der Waals surface area contributed by atoms with Crippen LogP contribution in [0.4, 0.5) is 11.4 Å². The number of fused-ring (bicyclic) bond motifs is 4. The number of phenols is 1. The molecule has 1 aliphatic rings. The average Bonchev–Trinajstić information content (AvgIpc) is 3.80. The number of rotatable bonds is 8. The van der Waals surface area contributed by atoms with E-state index in [1.165, 1.54) is 34.1 Å². The fraction of sp³-hybridized carbons (Fsp3) is 0.311. The van der Waals surface area contributed by atoms with Crippen LogP contribution in [0.15, 0.2) is 97.2 Å². The van der Waals surface area contributed by atoms with Crippen LogP contribution in [0.25, 0.3) is 21.8 Å². The van der Waals surface area contributed by atoms with E-state index in [9.17, 15) is 14.7 Å². The molecule has 3 heterocycles. The Labute approximate surface area is 330 Å². The molecule has 0 aliphatic carbocycles. The summed E-state index contributed by atoms with van der Waals surface area (Å²) in [4.78, 5) is 32.6. The molecule has 0 spiro atoms. The van der Waals surface area contributed by atoms with Crippen LogP contribution in [0.1, 0.15) is 71.7 Å². The number of carbonyl (C=O) groups is 2. The molecule has 1 amide bonds. The molecule has 292 valence electrons. The molecule has 3 N–H and O–H groups in total. The lowest BCUT2D eigenvalue weighted by atomic mass is 10.0. The maximum Gasteiger partial charge on any atom is 0.255 e. The van der Waals surface area contributed by atoms with Gasteiger partial charge in [-0.15, -0.1) is 11.6 Å². The van der Waals surface area contributed by atoms with Crippen molar-refractivity contribution in [3.05, 3.63) is 125 Å². The number of hydrogen-bond donors (Lipinski definition) is 3. The van der Waals surface area contributed by atoms with Gasteiger partial charge in [-0.05, 0) is 92.6 Å². The lowest BCUT2D eigenvalue weighted by molar-refractivity contribution is 0.0630. The average molecular weight is 767 g/mol. The second-order valence-electron chi connectivity index (χ2n) is 13.3. The minimum Gasteiger partial charge on any atom is -0.507 e. The maximum atomic E-state index is 12.5. The molecule has 0 atom stereocenters. The number of halogens is 1. The molecule has 9 nitrogen and oxygen atoms in total. The molecule has 10 heteroatoms. The summed E-state index contributed by atoms with van der Waals surface area (Å²) in [6.45, 7) is 13.9. The number of aromatic amines is 1. The number of alkyl halides is 1. The molecule has 0 fully saturated rings. The molecule has 4 aromatic carbocycles. The van der Waals surface area contributed by atoms with E-state index in [1.807, 2.05) is 52.0 Å². The summed E-state index contributed by atoms with van der Waals surface area (Å²) in [5.74, 6) is 0.824. The number of aryl methyl sites for hydroxylation is 2. The molecular formula is C45H55ClN4O5. The van der Waals surface area contributed by atoms with Crippen molar-refractivity contribution in [1.29, 1.82) is 0 Å². The number of methoxy groups -OCH3 is 1. The molecule has 55 heavy (non-hydrogen) atoms. The van der Waals surface area contributed by atoms with E-state index in [1.54, 1.807) is 49.7 Å². The molecular weight excluding hydrogens is 712 g/mol. The van der Waals surface area contributed by atoms with Gasteiger partial charge in [-0.1, -0.05) is 62.4 Å². The quantitative estimate of drug-likeness (QED) is 0.104. The minimum atomic E-state index is -0.363. The van der Waals surface area contributed by atoms with Crippen molar-refractivity contribution in [3.8, 4) is 11.5 Å². The van der Waals surface area contributed by atoms with Gasteiger partial charge in [0.1, 0.15) is 22.7 Å². The lowest BCUT2D eigenvalue weighted by Crippen LogP contribution is -2.29. The van der Waals surface area contributed by atoms with Gasteiger partial charge in [0.2, 0.25) is 0 Å². The zero-order chi connectivity index (χ0) is 40.5. The number of nitrogens with one attached hydrogen (secondary N) is 2. The second-order valence-corrected chi connectivity index (χ2v) is 13.3. The number of aromatic nitrogens is 2. The Bertz CT molecular complexity index is 2110. The SMILES string of the molecule is CC.CCl.CN1CCc2c1cc(O)c1ccccc21.COCCC(C)(C)Oc1ccc(C(=O)Nc2cnc3[nH]c(C=O)cc3c2)cc1.Cc1ccccc1C. The minimum absolute atomic E-state index is 0.252. The molecule has 0 unspecified atom stereocenters. The van der Waals surface area contributed by atoms with Crippen molar-refractivity contribution >= 4 is 57.0 Å². The largest absolute Gasteiger partial charge is 0.507 e. The van der Waals surface area contributed by atoms with Gasteiger partial charge in [0.15, 0.2) is 6.29 Å². The number of anilines is 2. The number of carbonyl (C=O) groups excluding carboxylic acids is 2. The van der Waals surface area contributed by atoms with Gasteiger partial charge in [-0.3, -0.25) is 9.59 Å². The van der Waals surface area contributed by atoms with Gasteiger partial charge in [0.05, 0.1) is 17.6 Å². The zero-order valence-electron chi connectivity index (χ0n) is 33.5. The third-order valence-corrected chi connectivity index (χ3v) is 8.94. The number of ether oxygens (including phenoxy) is 2. The monoisotopic (exact) mass is 766 g/mol. The van der Waals surface area contributed by atoms with Crippen molar-refractivity contribution in [2.24, 2.45) is 0 Å². The van der Waals surface area contributed by atoms with Crippen LogP contribution < -0.4 is 15.0 Å². The van der Waals surface area contributed by atoms with Crippen molar-refractivity contribution in [1.82, 2.24) is 9.97 Å². The molecule has 0 bridgehead atoms. The first-order valence-electron chi connectivity index (χ1n) is 18.4. The molecule has 0 radical (unpaired) electrons. The summed E-state index contributed by atoms with van der Waals surface area (Å²) in [6, 6.07) is 28.7. The van der Waals surface area contributed by atoms with Gasteiger partial charge in [0.25, 0.3) is 5.91 Å². The Morgan fingerprint density at radius 3 is 2.18 bits per heavy atom. The molecule has 7 rings (SSSR count). The topological polar surface area (TPSA) is 117 Å². The van der Waals surface area contributed by atoms with Crippen LogP contribution in [0.3, 0.4) is 0 Å². The van der Waals surface area contributed by atoms with Gasteiger partial charge >= 0.3 is 0 Å². The predicted molar refractivity (Wildman–Crippen MR) is 229 cm³/mol. The van der Waals surface area contributed by atoms with Crippen LogP contribution in [0, 0.1) is 13.8 Å². The number of likely N-dealkylation sites (N-methyl/N-ethyl adjacent to an activating group) is 1. The maximum absolute atomic E-state index is 12.5. The number of aldehydes is 1. The Hall–Kier alpha value is -5.38. The van der Waals surface area contributed by atoms with Gasteiger partial charge in [-0.2, -0.15) is 0 Å². The third-order valence-electron chi connectivity index (χ3n) is 8.94. The van der Waals surface area contributed by atoms with E-state index < -0.39 is 0 Å². The van der Waals surface area contributed by atoms with Crippen LogP contribution in [-0.2, 0) is 11.2 Å². The van der Waals surface area contributed by atoms with E-state index in [-0.39, 0.29) is 11.5 Å². The lowest BCUT2D eigenvalue weighted by Gasteiger charge is -2.26. The highest BCUT2D eigenvalue weighted by molar-refractivity contribution is 6.15. The number of H-pyrrole nitrogens is 1. The number of nitrogens with zero attached hydrogens (tertiary/aromatic N) is 2. The zero-order valence-corrected chi connectivity index (χ0v) is 34.3. The Morgan fingerprint density at radius 2 is 1.58 bits per heavy atom. The van der Waals surface area contributed by atoms with Crippen molar-refractivity contribution < 1.29 is 24.2 Å². The van der Waals surface area contributed by atoms with Gasteiger partial charge < -0.3 is 29.8 Å². The van der Waals surface area contributed by atoms with Gasteiger partial charge in [0, 0.05) is 68.2 Å². The van der Waals surface area contributed by atoms with E-state index in [2.05, 4.69) is 83.0 Å². The summed E-state index contributed by atoms with van der Waals surface area (Å²) >= 11 is 4.64. The first kappa shape index (κ1) is 44.0. The normalized spacial score (nSPS) is 11.3. The van der Waals surface area contributed by atoms with Crippen LogP contribution >= 0.6 is 11.6 Å². The number of aromatic hydroxyl groups is 1.